The fourth-order valence-corrected chi connectivity index (χ4v) is 4.59. The van der Waals surface area contributed by atoms with Gasteiger partial charge in [0.15, 0.2) is 0 Å². The smallest absolute Gasteiger partial charge is 0.251 e. The monoisotopic (exact) mass is 465 g/mol. The molecule has 1 aromatic heterocycles. The average molecular weight is 466 g/mol. The number of benzene rings is 1. The number of phenolic OH excluding ortho intramolecular Hbond substituents is 1. The number of hydrogen-bond acceptors (Lipinski definition) is 4. The van der Waals surface area contributed by atoms with Crippen LogP contribution in [0.4, 0.5) is 8.78 Å². The largest absolute Gasteiger partial charge is 0.508 e. The Kier molecular flexibility index (Phi) is 7.40. The molecular weight excluding hydrogens is 436 g/mol. The standard InChI is InChI=1S/C24H30ClF2N3O2/c1-23(26,27)24(8-9-24)20(16-6-10-28-11-7-16)14-22(32)29-15-18(30(2)3)12-17-4-5-19(31)13-21(17)25/h4-7,10-11,13,18,20,31H,8-9,12,14-15H2,1-3H3,(H,29,32)/t18-,20-/m0/s1. The Bertz CT molecular complexity index is 931. The van der Waals surface area contributed by atoms with Crippen molar-refractivity contribution in [1.82, 2.24) is 15.2 Å². The van der Waals surface area contributed by atoms with E-state index < -0.39 is 17.3 Å². The molecule has 8 heteroatoms. The lowest BCUT2D eigenvalue weighted by atomic mass is 9.77. The van der Waals surface area contributed by atoms with E-state index in [-0.39, 0.29) is 24.1 Å². The summed E-state index contributed by atoms with van der Waals surface area (Å²) in [5.74, 6) is -3.61. The first-order chi connectivity index (χ1) is 15.0. The molecule has 3 rings (SSSR count). The predicted octanol–water partition coefficient (Wildman–Crippen LogP) is 4.64. The maximum atomic E-state index is 14.5. The summed E-state index contributed by atoms with van der Waals surface area (Å²) in [7, 11) is 3.81. The van der Waals surface area contributed by atoms with Gasteiger partial charge in [-0.2, -0.15) is 0 Å². The van der Waals surface area contributed by atoms with Crippen LogP contribution in [-0.4, -0.2) is 53.5 Å². The molecule has 5 nitrogen and oxygen atoms in total. The molecule has 1 saturated carbocycles. The Morgan fingerprint density at radius 2 is 1.94 bits per heavy atom. The van der Waals surface area contributed by atoms with Crippen LogP contribution in [0.2, 0.25) is 5.02 Å². The minimum Gasteiger partial charge on any atom is -0.508 e. The first-order valence-corrected chi connectivity index (χ1v) is 11.1. The van der Waals surface area contributed by atoms with Gasteiger partial charge in [0.2, 0.25) is 5.91 Å². The Morgan fingerprint density at radius 1 is 1.28 bits per heavy atom. The summed E-state index contributed by atoms with van der Waals surface area (Å²) in [5, 5.41) is 12.9. The zero-order valence-corrected chi connectivity index (χ0v) is 19.4. The molecule has 1 amide bonds. The molecular formula is C24H30ClF2N3O2. The zero-order chi connectivity index (χ0) is 23.5. The molecule has 2 aromatic rings. The molecule has 1 fully saturated rings. The molecule has 1 aliphatic rings. The number of alkyl halides is 2. The minimum absolute atomic E-state index is 0.00639. The third kappa shape index (κ3) is 5.56. The fraction of sp³-hybridized carbons (Fsp3) is 0.500. The molecule has 0 spiro atoms. The number of phenols is 1. The Balaban J connectivity index is 1.69. The van der Waals surface area contributed by atoms with Crippen molar-refractivity contribution in [2.75, 3.05) is 20.6 Å². The first-order valence-electron chi connectivity index (χ1n) is 10.7. The van der Waals surface area contributed by atoms with Gasteiger partial charge in [-0.15, -0.1) is 0 Å². The highest BCUT2D eigenvalue weighted by molar-refractivity contribution is 6.31. The number of pyridine rings is 1. The van der Waals surface area contributed by atoms with Crippen molar-refractivity contribution < 1.29 is 18.7 Å². The van der Waals surface area contributed by atoms with Crippen molar-refractivity contribution in [3.63, 3.8) is 0 Å². The SMILES string of the molecule is CN(C)[C@H](CNC(=O)C[C@@H](c1ccncc1)C1(C(C)(F)F)CC1)Cc1ccc(O)cc1Cl. The van der Waals surface area contributed by atoms with E-state index >= 15 is 0 Å². The second-order valence-electron chi connectivity index (χ2n) is 8.98. The van der Waals surface area contributed by atoms with Crippen LogP contribution in [0, 0.1) is 5.41 Å². The van der Waals surface area contributed by atoms with Crippen molar-refractivity contribution in [2.24, 2.45) is 5.41 Å². The fourth-order valence-electron chi connectivity index (χ4n) is 4.34. The van der Waals surface area contributed by atoms with Crippen LogP contribution in [0.5, 0.6) is 5.75 Å². The molecule has 0 radical (unpaired) electrons. The van der Waals surface area contributed by atoms with Gasteiger partial charge in [-0.3, -0.25) is 9.78 Å². The van der Waals surface area contributed by atoms with Crippen LogP contribution in [-0.2, 0) is 11.2 Å². The number of likely N-dealkylation sites (N-methyl/N-ethyl adjacent to an activating group) is 1. The van der Waals surface area contributed by atoms with Crippen molar-refractivity contribution in [1.29, 1.82) is 0 Å². The van der Waals surface area contributed by atoms with E-state index in [0.29, 0.717) is 36.4 Å². The van der Waals surface area contributed by atoms with Crippen LogP contribution >= 0.6 is 11.6 Å². The zero-order valence-electron chi connectivity index (χ0n) is 18.6. The quantitative estimate of drug-likeness (QED) is 0.536. The van der Waals surface area contributed by atoms with E-state index in [2.05, 4.69) is 10.3 Å². The molecule has 0 saturated heterocycles. The van der Waals surface area contributed by atoms with Gasteiger partial charge in [-0.1, -0.05) is 17.7 Å². The average Bonchev–Trinajstić information content (AvgIpc) is 3.53. The Hall–Kier alpha value is -2.25. The highest BCUT2D eigenvalue weighted by Crippen LogP contribution is 2.65. The lowest BCUT2D eigenvalue weighted by Gasteiger charge is -2.32. The van der Waals surface area contributed by atoms with E-state index in [0.717, 1.165) is 12.5 Å². The van der Waals surface area contributed by atoms with E-state index in [1.807, 2.05) is 19.0 Å². The number of carbonyl (C=O) groups excluding carboxylic acids is 1. The van der Waals surface area contributed by atoms with Gasteiger partial charge < -0.3 is 15.3 Å². The minimum atomic E-state index is -2.87. The second kappa shape index (κ2) is 9.71. The van der Waals surface area contributed by atoms with E-state index in [4.69, 9.17) is 11.6 Å². The summed E-state index contributed by atoms with van der Waals surface area (Å²) in [6.45, 7) is 1.30. The highest BCUT2D eigenvalue weighted by Gasteiger charge is 2.63. The van der Waals surface area contributed by atoms with Gasteiger partial charge in [0, 0.05) is 47.8 Å². The Labute approximate surface area is 192 Å². The summed E-state index contributed by atoms with van der Waals surface area (Å²) in [5.41, 5.74) is 0.385. The Morgan fingerprint density at radius 3 is 2.47 bits per heavy atom. The van der Waals surface area contributed by atoms with Crippen LogP contribution in [0.1, 0.15) is 43.2 Å². The molecule has 0 aliphatic heterocycles. The van der Waals surface area contributed by atoms with Gasteiger partial charge in [0.25, 0.3) is 5.92 Å². The highest BCUT2D eigenvalue weighted by atomic mass is 35.5. The van der Waals surface area contributed by atoms with Crippen molar-refractivity contribution >= 4 is 17.5 Å². The normalized spacial score (nSPS) is 17.1. The molecule has 1 aliphatic carbocycles. The molecule has 32 heavy (non-hydrogen) atoms. The maximum absolute atomic E-state index is 14.5. The number of nitrogens with zero attached hydrogens (tertiary/aromatic N) is 2. The first kappa shape index (κ1) is 24.4. The molecule has 174 valence electrons. The van der Waals surface area contributed by atoms with Crippen molar-refractivity contribution in [3.8, 4) is 5.75 Å². The lowest BCUT2D eigenvalue weighted by Crippen LogP contribution is -2.43. The molecule has 1 heterocycles. The van der Waals surface area contributed by atoms with Gasteiger partial charge in [0.05, 0.1) is 0 Å². The molecule has 1 aromatic carbocycles. The summed E-state index contributed by atoms with van der Waals surface area (Å²) in [4.78, 5) is 18.8. The van der Waals surface area contributed by atoms with Gasteiger partial charge >= 0.3 is 0 Å². The third-order valence-corrected chi connectivity index (χ3v) is 6.94. The van der Waals surface area contributed by atoms with E-state index in [1.54, 1.807) is 36.7 Å². The predicted molar refractivity (Wildman–Crippen MR) is 121 cm³/mol. The van der Waals surface area contributed by atoms with Crippen molar-refractivity contribution in [3.05, 3.63) is 58.9 Å². The number of nitrogens with one attached hydrogen (secondary N) is 1. The summed E-state index contributed by atoms with van der Waals surface area (Å²) < 4.78 is 29.0. The number of amides is 1. The maximum Gasteiger partial charge on any atom is 0.251 e. The number of hydrogen-bond donors (Lipinski definition) is 2. The topological polar surface area (TPSA) is 65.5 Å². The number of aromatic hydroxyl groups is 1. The van der Waals surface area contributed by atoms with Crippen LogP contribution in [0.3, 0.4) is 0 Å². The summed E-state index contributed by atoms with van der Waals surface area (Å²) >= 11 is 6.24. The number of carbonyl (C=O) groups is 1. The molecule has 0 bridgehead atoms. The summed E-state index contributed by atoms with van der Waals surface area (Å²) in [6.07, 6.45) is 4.51. The molecule has 0 unspecified atom stereocenters. The van der Waals surface area contributed by atoms with Gasteiger partial charge in [-0.05, 0) is 75.7 Å². The number of aromatic nitrogens is 1. The van der Waals surface area contributed by atoms with Crippen LogP contribution in [0.25, 0.3) is 0 Å². The van der Waals surface area contributed by atoms with Crippen molar-refractivity contribution in [2.45, 2.75) is 50.5 Å². The number of halogens is 3. The summed E-state index contributed by atoms with van der Waals surface area (Å²) in [6, 6.07) is 8.21. The second-order valence-corrected chi connectivity index (χ2v) is 9.39. The van der Waals surface area contributed by atoms with Gasteiger partial charge in [0.1, 0.15) is 5.75 Å². The van der Waals surface area contributed by atoms with E-state index in [1.165, 1.54) is 6.07 Å². The van der Waals surface area contributed by atoms with Crippen LogP contribution < -0.4 is 5.32 Å². The van der Waals surface area contributed by atoms with E-state index in [9.17, 15) is 18.7 Å². The van der Waals surface area contributed by atoms with Crippen LogP contribution in [0.15, 0.2) is 42.7 Å². The molecule has 2 N–H and O–H groups in total. The van der Waals surface area contributed by atoms with Gasteiger partial charge in [-0.25, -0.2) is 8.78 Å². The lowest BCUT2D eigenvalue weighted by molar-refractivity contribution is -0.123. The third-order valence-electron chi connectivity index (χ3n) is 6.59. The molecule has 2 atom stereocenters. The number of rotatable bonds is 10.